The summed E-state index contributed by atoms with van der Waals surface area (Å²) in [6.07, 6.45) is 0. The Morgan fingerprint density at radius 3 is 2.52 bits per heavy atom. The smallest absolute Gasteiger partial charge is 0.243 e. The van der Waals surface area contributed by atoms with Crippen LogP contribution in [0.4, 0.5) is 14.5 Å². The van der Waals surface area contributed by atoms with Crippen molar-refractivity contribution in [2.45, 2.75) is 16.8 Å². The standard InChI is InChI=1S/C22H21F2N3O4S2/c1-14-8-22(32-13-21(28)25-17-10-15(23)9-16(24)11-17)26-20-3-2-18(12-19(14)20)33(29,30)27-4-6-31-7-5-27/h2-3,8-12H,4-7,13H2,1H3,(H,25,28). The van der Waals surface area contributed by atoms with E-state index in [9.17, 15) is 22.0 Å². The van der Waals surface area contributed by atoms with E-state index in [1.54, 1.807) is 18.2 Å². The first-order valence-corrected chi connectivity index (χ1v) is 12.5. The highest BCUT2D eigenvalue weighted by molar-refractivity contribution is 7.99. The maximum absolute atomic E-state index is 13.3. The monoisotopic (exact) mass is 493 g/mol. The molecule has 0 atom stereocenters. The number of hydrogen-bond acceptors (Lipinski definition) is 6. The van der Waals surface area contributed by atoms with Crippen molar-refractivity contribution in [3.05, 3.63) is 59.7 Å². The van der Waals surface area contributed by atoms with E-state index in [-0.39, 0.29) is 16.3 Å². The number of amides is 1. The molecule has 4 rings (SSSR count). The first kappa shape index (κ1) is 23.6. The zero-order chi connectivity index (χ0) is 23.6. The van der Waals surface area contributed by atoms with E-state index < -0.39 is 27.6 Å². The number of nitrogens with one attached hydrogen (secondary N) is 1. The highest BCUT2D eigenvalue weighted by Crippen LogP contribution is 2.27. The van der Waals surface area contributed by atoms with Gasteiger partial charge in [-0.1, -0.05) is 11.8 Å². The lowest BCUT2D eigenvalue weighted by Crippen LogP contribution is -2.40. The number of pyridine rings is 1. The number of carbonyl (C=O) groups excluding carboxylic acids is 1. The van der Waals surface area contributed by atoms with Gasteiger partial charge in [0.05, 0.1) is 34.4 Å². The van der Waals surface area contributed by atoms with Crippen LogP contribution >= 0.6 is 11.8 Å². The fourth-order valence-corrected chi connectivity index (χ4v) is 5.68. The molecule has 0 spiro atoms. The lowest BCUT2D eigenvalue weighted by molar-refractivity contribution is -0.113. The Hall–Kier alpha value is -2.60. The number of carbonyl (C=O) groups is 1. The third-order valence-corrected chi connectivity index (χ3v) is 7.87. The van der Waals surface area contributed by atoms with E-state index >= 15 is 0 Å². The Morgan fingerprint density at radius 1 is 1.12 bits per heavy atom. The number of fused-ring (bicyclic) bond motifs is 1. The molecule has 0 radical (unpaired) electrons. The van der Waals surface area contributed by atoms with Crippen molar-refractivity contribution in [2.24, 2.45) is 0 Å². The van der Waals surface area contributed by atoms with Crippen LogP contribution in [-0.2, 0) is 19.6 Å². The number of rotatable bonds is 6. The summed E-state index contributed by atoms with van der Waals surface area (Å²) in [4.78, 5) is 16.9. The Kier molecular flexibility index (Phi) is 6.94. The molecule has 1 fully saturated rings. The molecule has 0 bridgehead atoms. The zero-order valence-corrected chi connectivity index (χ0v) is 19.3. The quantitative estimate of drug-likeness (QED) is 0.528. The molecular weight excluding hydrogens is 472 g/mol. The number of morpholine rings is 1. The van der Waals surface area contributed by atoms with Gasteiger partial charge in [0.1, 0.15) is 11.6 Å². The maximum Gasteiger partial charge on any atom is 0.243 e. The number of hydrogen-bond donors (Lipinski definition) is 1. The van der Waals surface area contributed by atoms with Crippen LogP contribution in [0, 0.1) is 18.6 Å². The van der Waals surface area contributed by atoms with Crippen LogP contribution < -0.4 is 5.32 Å². The second-order valence-corrected chi connectivity index (χ2v) is 10.4. The number of aromatic nitrogens is 1. The fourth-order valence-electron chi connectivity index (χ4n) is 3.48. The normalized spacial score (nSPS) is 15.0. The van der Waals surface area contributed by atoms with Gasteiger partial charge >= 0.3 is 0 Å². The predicted molar refractivity (Wildman–Crippen MR) is 122 cm³/mol. The number of benzene rings is 2. The van der Waals surface area contributed by atoms with Gasteiger partial charge in [0.25, 0.3) is 0 Å². The molecule has 1 amide bonds. The summed E-state index contributed by atoms with van der Waals surface area (Å²) in [5.74, 6) is -2.00. The number of halogens is 2. The van der Waals surface area contributed by atoms with E-state index in [4.69, 9.17) is 4.74 Å². The van der Waals surface area contributed by atoms with Gasteiger partial charge in [-0.2, -0.15) is 4.31 Å². The van der Waals surface area contributed by atoms with Gasteiger partial charge in [0.2, 0.25) is 15.9 Å². The molecule has 1 aromatic heterocycles. The predicted octanol–water partition coefficient (Wildman–Crippen LogP) is 3.57. The van der Waals surface area contributed by atoms with Crippen molar-refractivity contribution >= 4 is 44.3 Å². The van der Waals surface area contributed by atoms with Crippen LogP contribution in [0.15, 0.2) is 52.4 Å². The van der Waals surface area contributed by atoms with Crippen LogP contribution in [0.3, 0.4) is 0 Å². The van der Waals surface area contributed by atoms with Gasteiger partial charge in [-0.3, -0.25) is 4.79 Å². The van der Waals surface area contributed by atoms with Crippen LogP contribution in [0.25, 0.3) is 10.9 Å². The van der Waals surface area contributed by atoms with Crippen molar-refractivity contribution in [1.29, 1.82) is 0 Å². The van der Waals surface area contributed by atoms with Gasteiger partial charge < -0.3 is 10.1 Å². The first-order chi connectivity index (χ1) is 15.7. The molecule has 0 unspecified atom stereocenters. The van der Waals surface area contributed by atoms with E-state index in [0.29, 0.717) is 42.2 Å². The third-order valence-electron chi connectivity index (χ3n) is 5.07. The summed E-state index contributed by atoms with van der Waals surface area (Å²) in [6.45, 7) is 3.22. The molecule has 1 saturated heterocycles. The minimum atomic E-state index is -3.62. The molecular formula is C22H21F2N3O4S2. The summed E-state index contributed by atoms with van der Waals surface area (Å²) in [5, 5.41) is 3.73. The van der Waals surface area contributed by atoms with E-state index in [2.05, 4.69) is 10.3 Å². The van der Waals surface area contributed by atoms with Gasteiger partial charge in [-0.15, -0.1) is 0 Å². The van der Waals surface area contributed by atoms with Crippen molar-refractivity contribution in [2.75, 3.05) is 37.4 Å². The summed E-state index contributed by atoms with van der Waals surface area (Å²) in [5.41, 5.74) is 1.45. The number of thioether (sulfide) groups is 1. The number of ether oxygens (including phenoxy) is 1. The second-order valence-electron chi connectivity index (χ2n) is 7.47. The Bertz CT molecular complexity index is 1290. The third kappa shape index (κ3) is 5.49. The Labute approximate surface area is 194 Å². The van der Waals surface area contributed by atoms with E-state index in [1.807, 2.05) is 6.92 Å². The summed E-state index contributed by atoms with van der Waals surface area (Å²) < 4.78 is 59.1. The van der Waals surface area contributed by atoms with Crippen molar-refractivity contribution < 1.29 is 26.7 Å². The SMILES string of the molecule is Cc1cc(SCC(=O)Nc2cc(F)cc(F)c2)nc2ccc(S(=O)(=O)N3CCOCC3)cc12. The van der Waals surface area contributed by atoms with Crippen LogP contribution in [0.5, 0.6) is 0 Å². The molecule has 3 aromatic rings. The lowest BCUT2D eigenvalue weighted by Gasteiger charge is -2.26. The van der Waals surface area contributed by atoms with Gasteiger partial charge in [0, 0.05) is 30.2 Å². The minimum Gasteiger partial charge on any atom is -0.379 e. The molecule has 174 valence electrons. The lowest BCUT2D eigenvalue weighted by atomic mass is 10.1. The largest absolute Gasteiger partial charge is 0.379 e. The summed E-state index contributed by atoms with van der Waals surface area (Å²) in [7, 11) is -3.62. The number of nitrogens with zero attached hydrogens (tertiary/aromatic N) is 2. The maximum atomic E-state index is 13.3. The average Bonchev–Trinajstić information content (AvgIpc) is 2.77. The molecule has 7 nitrogen and oxygen atoms in total. The molecule has 0 aliphatic carbocycles. The van der Waals surface area contributed by atoms with Crippen LogP contribution in [0.1, 0.15) is 5.56 Å². The number of aryl methyl sites for hydroxylation is 1. The van der Waals surface area contributed by atoms with Crippen molar-refractivity contribution in [1.82, 2.24) is 9.29 Å². The van der Waals surface area contributed by atoms with Gasteiger partial charge in [0.15, 0.2) is 0 Å². The molecule has 1 N–H and O–H groups in total. The van der Waals surface area contributed by atoms with Gasteiger partial charge in [-0.05, 0) is 48.9 Å². The molecule has 1 aliphatic heterocycles. The molecule has 1 aliphatic rings. The summed E-state index contributed by atoms with van der Waals surface area (Å²) in [6, 6.07) is 9.35. The van der Waals surface area contributed by atoms with Gasteiger partial charge in [-0.25, -0.2) is 22.2 Å². The topological polar surface area (TPSA) is 88.6 Å². The summed E-state index contributed by atoms with van der Waals surface area (Å²) >= 11 is 1.17. The van der Waals surface area contributed by atoms with E-state index in [0.717, 1.165) is 23.8 Å². The highest BCUT2D eigenvalue weighted by Gasteiger charge is 2.26. The minimum absolute atomic E-state index is 0.0143. The Morgan fingerprint density at radius 2 is 1.82 bits per heavy atom. The molecule has 0 saturated carbocycles. The Balaban J connectivity index is 1.48. The molecule has 2 heterocycles. The fraction of sp³-hybridized carbons (Fsp3) is 0.273. The average molecular weight is 494 g/mol. The van der Waals surface area contributed by atoms with Crippen molar-refractivity contribution in [3.63, 3.8) is 0 Å². The molecule has 11 heteroatoms. The van der Waals surface area contributed by atoms with E-state index in [1.165, 1.54) is 22.1 Å². The molecule has 33 heavy (non-hydrogen) atoms. The van der Waals surface area contributed by atoms with Crippen LogP contribution in [-0.4, -0.2) is 55.7 Å². The first-order valence-electron chi connectivity index (χ1n) is 10.1. The number of anilines is 1. The highest BCUT2D eigenvalue weighted by atomic mass is 32.2. The van der Waals surface area contributed by atoms with Crippen molar-refractivity contribution in [3.8, 4) is 0 Å². The zero-order valence-electron chi connectivity index (χ0n) is 17.7. The number of sulfonamides is 1. The molecule has 2 aromatic carbocycles. The second kappa shape index (κ2) is 9.72. The van der Waals surface area contributed by atoms with Crippen LogP contribution in [0.2, 0.25) is 0 Å².